The molecule has 0 aliphatic rings. The SMILES string of the molecule is Cc1cc([SH+](=O)C(C)(C)C)cc2c(Nc3cncc(F)c3)c(C(N)=O)nnc12. The van der Waals surface area contributed by atoms with Crippen molar-refractivity contribution in [1.29, 1.82) is 0 Å². The first kappa shape index (κ1) is 19.8. The summed E-state index contributed by atoms with van der Waals surface area (Å²) in [4.78, 5) is 16.3. The quantitative estimate of drug-likeness (QED) is 0.512. The van der Waals surface area contributed by atoms with E-state index in [-0.39, 0.29) is 11.4 Å². The first-order chi connectivity index (χ1) is 13.1. The van der Waals surface area contributed by atoms with E-state index in [1.165, 1.54) is 12.3 Å². The monoisotopic (exact) mass is 402 g/mol. The molecule has 0 aliphatic heterocycles. The molecular weight excluding hydrogens is 381 g/mol. The summed E-state index contributed by atoms with van der Waals surface area (Å²) in [5, 5.41) is 11.5. The van der Waals surface area contributed by atoms with E-state index >= 15 is 0 Å². The maximum atomic E-state index is 13.5. The van der Waals surface area contributed by atoms with Crippen molar-refractivity contribution in [2.24, 2.45) is 5.73 Å². The minimum absolute atomic E-state index is 0.0979. The molecule has 7 nitrogen and oxygen atoms in total. The number of primary amides is 1. The predicted molar refractivity (Wildman–Crippen MR) is 108 cm³/mol. The van der Waals surface area contributed by atoms with Crippen LogP contribution in [-0.2, 0) is 15.0 Å². The van der Waals surface area contributed by atoms with Crippen LogP contribution in [0.25, 0.3) is 10.9 Å². The average molecular weight is 402 g/mol. The third-order valence-electron chi connectivity index (χ3n) is 4.09. The number of nitrogens with zero attached hydrogens (tertiary/aromatic N) is 3. The number of nitrogens with one attached hydrogen (secondary N) is 1. The number of nitrogens with two attached hydrogens (primary N) is 1. The molecule has 0 bridgehead atoms. The summed E-state index contributed by atoms with van der Waals surface area (Å²) in [5.74, 6) is -1.32. The Morgan fingerprint density at radius 3 is 2.50 bits per heavy atom. The Bertz CT molecular complexity index is 1110. The maximum Gasteiger partial charge on any atom is 0.271 e. The molecular formula is C19H21FN5O2S+. The van der Waals surface area contributed by atoms with Gasteiger partial charge in [0.25, 0.3) is 5.91 Å². The molecule has 1 aromatic carbocycles. The molecule has 0 aliphatic carbocycles. The smallest absolute Gasteiger partial charge is 0.271 e. The molecule has 28 heavy (non-hydrogen) atoms. The van der Waals surface area contributed by atoms with Crippen LogP contribution in [0.1, 0.15) is 36.8 Å². The molecule has 1 amide bonds. The number of aromatic nitrogens is 3. The number of hydrogen-bond acceptors (Lipinski definition) is 6. The van der Waals surface area contributed by atoms with E-state index in [2.05, 4.69) is 20.5 Å². The van der Waals surface area contributed by atoms with Crippen molar-refractivity contribution in [2.45, 2.75) is 37.3 Å². The summed E-state index contributed by atoms with van der Waals surface area (Å²) < 4.78 is 26.0. The Kier molecular flexibility index (Phi) is 5.12. The van der Waals surface area contributed by atoms with Crippen LogP contribution in [0.4, 0.5) is 15.8 Å². The summed E-state index contributed by atoms with van der Waals surface area (Å²) >= 11 is 0. The van der Waals surface area contributed by atoms with Gasteiger partial charge in [0.15, 0.2) is 10.6 Å². The van der Waals surface area contributed by atoms with Crippen molar-refractivity contribution in [3.63, 3.8) is 0 Å². The number of thiol groups is 1. The standard InChI is InChI=1S/C19H20FN5O2S/c1-10-5-13(28(27)19(2,3)4)7-14-15(10)24-25-17(18(21)26)16(14)23-12-6-11(20)8-22-9-12/h5-9H,1-4H3,(H2,21,26)(H,23,24)/p+1. The number of carbonyl (C=O) groups excluding carboxylic acids is 1. The van der Waals surface area contributed by atoms with Gasteiger partial charge >= 0.3 is 0 Å². The minimum atomic E-state index is -1.72. The van der Waals surface area contributed by atoms with Gasteiger partial charge in [0.2, 0.25) is 0 Å². The number of fused-ring (bicyclic) bond motifs is 1. The number of halogens is 1. The van der Waals surface area contributed by atoms with Crippen LogP contribution in [0.2, 0.25) is 0 Å². The zero-order chi connectivity index (χ0) is 20.6. The molecule has 0 saturated carbocycles. The van der Waals surface area contributed by atoms with Gasteiger partial charge in [-0.05, 0) is 39.3 Å². The summed E-state index contributed by atoms with van der Waals surface area (Å²) in [6, 6.07) is 4.75. The van der Waals surface area contributed by atoms with Gasteiger partial charge in [0, 0.05) is 17.5 Å². The van der Waals surface area contributed by atoms with Gasteiger partial charge in [0.05, 0.1) is 29.3 Å². The zero-order valence-corrected chi connectivity index (χ0v) is 16.8. The molecule has 9 heteroatoms. The van der Waals surface area contributed by atoms with E-state index in [0.717, 1.165) is 11.8 Å². The zero-order valence-electron chi connectivity index (χ0n) is 15.9. The van der Waals surface area contributed by atoms with E-state index in [1.54, 1.807) is 12.1 Å². The number of pyridine rings is 1. The van der Waals surface area contributed by atoms with Crippen molar-refractivity contribution < 1.29 is 13.4 Å². The first-order valence-electron chi connectivity index (χ1n) is 8.53. The highest BCUT2D eigenvalue weighted by Crippen LogP contribution is 2.33. The van der Waals surface area contributed by atoms with Crippen molar-refractivity contribution in [3.8, 4) is 0 Å². The van der Waals surface area contributed by atoms with Crippen molar-refractivity contribution in [2.75, 3.05) is 5.32 Å². The van der Waals surface area contributed by atoms with E-state index in [1.807, 2.05) is 27.7 Å². The average Bonchev–Trinajstić information content (AvgIpc) is 2.60. The topological polar surface area (TPSA) is 111 Å². The lowest BCUT2D eigenvalue weighted by molar-refractivity contribution is 0.0995. The molecule has 0 spiro atoms. The van der Waals surface area contributed by atoms with Crippen LogP contribution >= 0.6 is 0 Å². The van der Waals surface area contributed by atoms with Gasteiger partial charge in [-0.25, -0.2) is 4.39 Å². The van der Waals surface area contributed by atoms with Crippen molar-refractivity contribution in [3.05, 3.63) is 47.7 Å². The Morgan fingerprint density at radius 1 is 1.18 bits per heavy atom. The highest BCUT2D eigenvalue weighted by atomic mass is 32.2. The lowest BCUT2D eigenvalue weighted by Crippen LogP contribution is -2.21. The predicted octanol–water partition coefficient (Wildman–Crippen LogP) is 3.17. The fourth-order valence-electron chi connectivity index (χ4n) is 2.79. The summed E-state index contributed by atoms with van der Waals surface area (Å²) in [5.41, 5.74) is 7.24. The number of amides is 1. The van der Waals surface area contributed by atoms with E-state index < -0.39 is 27.3 Å². The summed E-state index contributed by atoms with van der Waals surface area (Å²) in [6.07, 6.45) is 2.48. The second-order valence-corrected chi connectivity index (χ2v) is 9.88. The third kappa shape index (κ3) is 3.84. The molecule has 2 aromatic heterocycles. The Balaban J connectivity index is 2.28. The lowest BCUT2D eigenvalue weighted by Gasteiger charge is -2.15. The number of carbonyl (C=O) groups is 1. The molecule has 0 radical (unpaired) electrons. The van der Waals surface area contributed by atoms with Gasteiger partial charge in [-0.1, -0.05) is 0 Å². The largest absolute Gasteiger partial charge is 0.364 e. The molecule has 2 heterocycles. The molecule has 3 aromatic rings. The van der Waals surface area contributed by atoms with Crippen LogP contribution in [0.3, 0.4) is 0 Å². The first-order valence-corrected chi connectivity index (χ1v) is 9.79. The highest BCUT2D eigenvalue weighted by Gasteiger charge is 2.29. The van der Waals surface area contributed by atoms with Crippen LogP contribution < -0.4 is 11.1 Å². The Morgan fingerprint density at radius 2 is 1.89 bits per heavy atom. The van der Waals surface area contributed by atoms with Crippen LogP contribution in [0.5, 0.6) is 0 Å². The maximum absolute atomic E-state index is 13.5. The van der Waals surface area contributed by atoms with Gasteiger partial charge in [-0.2, -0.15) is 0 Å². The Hall–Kier alpha value is -2.94. The van der Waals surface area contributed by atoms with Crippen molar-refractivity contribution >= 4 is 39.0 Å². The molecule has 146 valence electrons. The molecule has 0 saturated heterocycles. The Labute approximate surface area is 164 Å². The highest BCUT2D eigenvalue weighted by molar-refractivity contribution is 7.86. The fraction of sp³-hybridized carbons (Fsp3) is 0.263. The number of benzene rings is 1. The fourth-order valence-corrected chi connectivity index (χ4v) is 4.12. The van der Waals surface area contributed by atoms with E-state index in [4.69, 9.17) is 5.73 Å². The van der Waals surface area contributed by atoms with Crippen LogP contribution in [0, 0.1) is 12.7 Å². The van der Waals surface area contributed by atoms with E-state index in [0.29, 0.717) is 21.5 Å². The normalized spacial score (nSPS) is 12.8. The summed E-state index contributed by atoms with van der Waals surface area (Å²) in [7, 11) is -1.72. The molecule has 3 rings (SSSR count). The number of aryl methyl sites for hydroxylation is 1. The van der Waals surface area contributed by atoms with Gasteiger partial charge in [-0.3, -0.25) is 9.78 Å². The molecule has 0 fully saturated rings. The molecule has 3 N–H and O–H groups in total. The second kappa shape index (κ2) is 7.23. The van der Waals surface area contributed by atoms with E-state index in [9.17, 15) is 13.4 Å². The molecule has 1 unspecified atom stereocenters. The van der Waals surface area contributed by atoms with Gasteiger partial charge in [0.1, 0.15) is 21.4 Å². The minimum Gasteiger partial charge on any atom is -0.364 e. The lowest BCUT2D eigenvalue weighted by atomic mass is 10.1. The van der Waals surface area contributed by atoms with Crippen LogP contribution in [-0.4, -0.2) is 25.8 Å². The number of anilines is 2. The van der Waals surface area contributed by atoms with Crippen molar-refractivity contribution in [1.82, 2.24) is 15.2 Å². The third-order valence-corrected chi connectivity index (χ3v) is 6.04. The van der Waals surface area contributed by atoms with Gasteiger partial charge in [-0.15, -0.1) is 14.4 Å². The van der Waals surface area contributed by atoms with Crippen LogP contribution in [0.15, 0.2) is 35.5 Å². The molecule has 1 atom stereocenters. The van der Waals surface area contributed by atoms with Gasteiger partial charge < -0.3 is 11.1 Å². The second-order valence-electron chi connectivity index (χ2n) is 7.43. The number of hydrogen-bond donors (Lipinski definition) is 2. The summed E-state index contributed by atoms with van der Waals surface area (Å²) in [6.45, 7) is 7.50. The number of rotatable bonds is 4.